The lowest BCUT2D eigenvalue weighted by Gasteiger charge is -2.10. The van der Waals surface area contributed by atoms with E-state index in [0.717, 1.165) is 0 Å². The van der Waals surface area contributed by atoms with Gasteiger partial charge in [-0.15, -0.1) is 0 Å². The van der Waals surface area contributed by atoms with Crippen molar-refractivity contribution in [2.45, 2.75) is 0 Å². The first kappa shape index (κ1) is 19.0. The molecule has 146 valence electrons. The van der Waals surface area contributed by atoms with E-state index in [1.54, 1.807) is 42.7 Å². The topological polar surface area (TPSA) is 97.5 Å². The molecule has 0 saturated heterocycles. The number of amides is 1. The van der Waals surface area contributed by atoms with Crippen LogP contribution in [0.3, 0.4) is 0 Å². The van der Waals surface area contributed by atoms with Crippen LogP contribution in [0.4, 0.5) is 5.69 Å². The van der Waals surface area contributed by atoms with Gasteiger partial charge in [0.1, 0.15) is 17.0 Å². The minimum absolute atomic E-state index is 0.0935. The summed E-state index contributed by atoms with van der Waals surface area (Å²) in [5, 5.41) is 13.7. The molecule has 0 atom stereocenters. The molecule has 1 amide bonds. The molecule has 0 spiro atoms. The van der Waals surface area contributed by atoms with Crippen LogP contribution in [0.15, 0.2) is 59.3 Å². The van der Waals surface area contributed by atoms with Crippen LogP contribution in [-0.2, 0) is 4.79 Å². The zero-order valence-corrected chi connectivity index (χ0v) is 16.2. The largest absolute Gasteiger partial charge is 0.507 e. The molecule has 0 aliphatic carbocycles. The predicted molar refractivity (Wildman–Crippen MR) is 109 cm³/mol. The van der Waals surface area contributed by atoms with Crippen molar-refractivity contribution in [2.24, 2.45) is 0 Å². The van der Waals surface area contributed by atoms with Crippen LogP contribution in [0, 0.1) is 0 Å². The molecule has 9 heteroatoms. The first-order chi connectivity index (χ1) is 14.0. The predicted octanol–water partition coefficient (Wildman–Crippen LogP) is 4.92. The van der Waals surface area contributed by atoms with E-state index >= 15 is 0 Å². The van der Waals surface area contributed by atoms with Crippen LogP contribution in [0.2, 0.25) is 10.0 Å². The molecule has 0 fully saturated rings. The molecule has 4 rings (SSSR count). The van der Waals surface area contributed by atoms with Gasteiger partial charge in [-0.3, -0.25) is 9.78 Å². The van der Waals surface area contributed by atoms with Crippen LogP contribution in [0.5, 0.6) is 11.5 Å². The van der Waals surface area contributed by atoms with Gasteiger partial charge in [-0.2, -0.15) is 0 Å². The van der Waals surface area contributed by atoms with E-state index < -0.39 is 5.91 Å². The second-order valence-corrected chi connectivity index (χ2v) is 6.85. The number of phenols is 1. The van der Waals surface area contributed by atoms with Crippen molar-refractivity contribution in [3.05, 3.63) is 64.9 Å². The van der Waals surface area contributed by atoms with Gasteiger partial charge in [-0.25, -0.2) is 4.98 Å². The number of phenolic OH excluding ortho intramolecular Hbond substituents is 1. The minimum atomic E-state index is -0.420. The van der Waals surface area contributed by atoms with Crippen molar-refractivity contribution in [1.82, 2.24) is 9.97 Å². The molecule has 2 heterocycles. The zero-order valence-electron chi connectivity index (χ0n) is 14.7. The Morgan fingerprint density at radius 3 is 2.79 bits per heavy atom. The van der Waals surface area contributed by atoms with Gasteiger partial charge >= 0.3 is 0 Å². The summed E-state index contributed by atoms with van der Waals surface area (Å²) in [6.45, 7) is -0.262. The number of ether oxygens (including phenoxy) is 1. The lowest BCUT2D eigenvalue weighted by Crippen LogP contribution is -2.20. The normalized spacial score (nSPS) is 10.8. The van der Waals surface area contributed by atoms with Crippen molar-refractivity contribution in [3.63, 3.8) is 0 Å². The molecule has 29 heavy (non-hydrogen) atoms. The van der Waals surface area contributed by atoms with E-state index in [1.807, 2.05) is 0 Å². The fourth-order valence-corrected chi connectivity index (χ4v) is 3.08. The number of pyridine rings is 1. The maximum atomic E-state index is 12.1. The summed E-state index contributed by atoms with van der Waals surface area (Å²) in [5.41, 5.74) is 1.92. The monoisotopic (exact) mass is 429 g/mol. The molecule has 0 aliphatic heterocycles. The molecule has 2 aromatic heterocycles. The van der Waals surface area contributed by atoms with E-state index in [9.17, 15) is 9.90 Å². The van der Waals surface area contributed by atoms with Crippen LogP contribution >= 0.6 is 23.2 Å². The molecule has 2 N–H and O–H groups in total. The number of aromatic nitrogens is 2. The third-order valence-corrected chi connectivity index (χ3v) is 4.48. The molecule has 0 aliphatic rings. The number of hydrogen-bond acceptors (Lipinski definition) is 6. The number of rotatable bonds is 5. The van der Waals surface area contributed by atoms with Crippen molar-refractivity contribution in [2.75, 3.05) is 11.9 Å². The first-order valence-electron chi connectivity index (χ1n) is 8.41. The average molecular weight is 430 g/mol. The van der Waals surface area contributed by atoms with Gasteiger partial charge in [0.05, 0.1) is 16.8 Å². The molecule has 0 saturated carbocycles. The lowest BCUT2D eigenvalue weighted by molar-refractivity contribution is -0.118. The highest BCUT2D eigenvalue weighted by Gasteiger charge is 2.14. The van der Waals surface area contributed by atoms with Crippen LogP contribution < -0.4 is 10.1 Å². The Morgan fingerprint density at radius 2 is 2.03 bits per heavy atom. The highest BCUT2D eigenvalue weighted by Crippen LogP contribution is 2.33. The minimum Gasteiger partial charge on any atom is -0.507 e. The van der Waals surface area contributed by atoms with E-state index in [2.05, 4.69) is 15.3 Å². The number of hydrogen-bond donors (Lipinski definition) is 2. The molecule has 4 aromatic rings. The Balaban J connectivity index is 1.44. The average Bonchev–Trinajstić information content (AvgIpc) is 3.11. The molecule has 0 bridgehead atoms. The SMILES string of the molecule is O=C(COc1ccc(Cl)cc1Cl)Nc1ccc(-c2nc3cnccc3o2)c(O)c1. The zero-order chi connectivity index (χ0) is 20.4. The molecule has 7 nitrogen and oxygen atoms in total. The Hall–Kier alpha value is -3.29. The van der Waals surface area contributed by atoms with Gasteiger partial charge in [0, 0.05) is 29.0 Å². The van der Waals surface area contributed by atoms with Crippen LogP contribution in [0.25, 0.3) is 22.6 Å². The van der Waals surface area contributed by atoms with Gasteiger partial charge in [-0.05, 0) is 30.3 Å². The second kappa shape index (κ2) is 7.98. The Morgan fingerprint density at radius 1 is 1.17 bits per heavy atom. The number of oxazole rings is 1. The number of carbonyl (C=O) groups excluding carboxylic acids is 1. The van der Waals surface area contributed by atoms with Gasteiger partial charge in [-0.1, -0.05) is 23.2 Å². The number of nitrogens with one attached hydrogen (secondary N) is 1. The summed E-state index contributed by atoms with van der Waals surface area (Å²) in [7, 11) is 0. The third kappa shape index (κ3) is 4.26. The van der Waals surface area contributed by atoms with E-state index in [0.29, 0.717) is 38.1 Å². The van der Waals surface area contributed by atoms with Crippen molar-refractivity contribution in [1.29, 1.82) is 0 Å². The van der Waals surface area contributed by atoms with Crippen LogP contribution in [0.1, 0.15) is 0 Å². The highest BCUT2D eigenvalue weighted by molar-refractivity contribution is 6.35. The van der Waals surface area contributed by atoms with Gasteiger partial charge in [0.2, 0.25) is 5.89 Å². The summed E-state index contributed by atoms with van der Waals surface area (Å²) in [4.78, 5) is 20.4. The number of anilines is 1. The maximum Gasteiger partial charge on any atom is 0.262 e. The Bertz CT molecular complexity index is 1180. The summed E-state index contributed by atoms with van der Waals surface area (Å²) in [6.07, 6.45) is 3.16. The quantitative estimate of drug-likeness (QED) is 0.467. The Kier molecular flexibility index (Phi) is 5.24. The molecule has 0 radical (unpaired) electrons. The fraction of sp³-hybridized carbons (Fsp3) is 0.0500. The smallest absolute Gasteiger partial charge is 0.262 e. The summed E-state index contributed by atoms with van der Waals surface area (Å²) in [5.74, 6) is 0.0824. The molecular weight excluding hydrogens is 417 g/mol. The van der Waals surface area contributed by atoms with E-state index in [1.165, 1.54) is 12.1 Å². The second-order valence-electron chi connectivity index (χ2n) is 6.01. The van der Waals surface area contributed by atoms with Gasteiger partial charge in [0.25, 0.3) is 5.91 Å². The standard InChI is InChI=1S/C20H13Cl2N3O4/c21-11-1-4-17(14(22)7-11)28-10-19(27)24-12-2-3-13(16(26)8-12)20-25-15-9-23-6-5-18(15)29-20/h1-9,26H,10H2,(H,24,27). The summed E-state index contributed by atoms with van der Waals surface area (Å²) in [6, 6.07) is 11.0. The van der Waals surface area contributed by atoms with Crippen molar-refractivity contribution >= 4 is 45.9 Å². The summed E-state index contributed by atoms with van der Waals surface area (Å²) < 4.78 is 11.0. The van der Waals surface area contributed by atoms with E-state index in [4.69, 9.17) is 32.4 Å². The number of aromatic hydroxyl groups is 1. The number of nitrogens with zero attached hydrogens (tertiary/aromatic N) is 2. The van der Waals surface area contributed by atoms with Crippen molar-refractivity contribution in [3.8, 4) is 23.0 Å². The number of fused-ring (bicyclic) bond motifs is 1. The van der Waals surface area contributed by atoms with Gasteiger partial charge in [0.15, 0.2) is 12.2 Å². The Labute approximate surface area is 174 Å². The van der Waals surface area contributed by atoms with E-state index in [-0.39, 0.29) is 18.2 Å². The summed E-state index contributed by atoms with van der Waals surface area (Å²) >= 11 is 11.8. The molecule has 2 aromatic carbocycles. The number of carbonyl (C=O) groups is 1. The fourth-order valence-electron chi connectivity index (χ4n) is 2.62. The number of halogens is 2. The van der Waals surface area contributed by atoms with Crippen molar-refractivity contribution < 1.29 is 19.1 Å². The van der Waals surface area contributed by atoms with Gasteiger partial charge < -0.3 is 19.6 Å². The maximum absolute atomic E-state index is 12.1. The highest BCUT2D eigenvalue weighted by atomic mass is 35.5. The first-order valence-corrected chi connectivity index (χ1v) is 9.17. The lowest BCUT2D eigenvalue weighted by atomic mass is 10.2. The molecular formula is C20H13Cl2N3O4. The number of benzene rings is 2. The molecule has 0 unspecified atom stereocenters. The third-order valence-electron chi connectivity index (χ3n) is 3.95. The van der Waals surface area contributed by atoms with Crippen LogP contribution in [-0.4, -0.2) is 27.6 Å².